The fourth-order valence-corrected chi connectivity index (χ4v) is 5.63. The second-order valence-electron chi connectivity index (χ2n) is 7.38. The Hall–Kier alpha value is -2.10. The van der Waals surface area contributed by atoms with E-state index in [1.54, 1.807) is 19.1 Å². The van der Waals surface area contributed by atoms with Gasteiger partial charge in [0.25, 0.3) is 0 Å². The van der Waals surface area contributed by atoms with Crippen molar-refractivity contribution in [2.75, 3.05) is 25.0 Å². The van der Waals surface area contributed by atoms with E-state index in [1.165, 1.54) is 34.7 Å². The number of ketones is 2. The van der Waals surface area contributed by atoms with Gasteiger partial charge in [0.05, 0.1) is 22.0 Å². The minimum Gasteiger partial charge on any atom is -0.354 e. The van der Waals surface area contributed by atoms with Crippen LogP contribution < -0.4 is 5.32 Å². The topological polar surface area (TPSA) is 96.4 Å². The van der Waals surface area contributed by atoms with E-state index in [1.807, 2.05) is 0 Å². The first-order valence-electron chi connectivity index (χ1n) is 9.54. The largest absolute Gasteiger partial charge is 0.354 e. The Bertz CT molecular complexity index is 1020. The fourth-order valence-electron chi connectivity index (χ4n) is 3.26. The maximum atomic E-state index is 12.9. The first kappa shape index (κ1) is 21.6. The number of nitrogens with one attached hydrogen (secondary N) is 1. The summed E-state index contributed by atoms with van der Waals surface area (Å²) in [6.07, 6.45) is 1.69. The first-order chi connectivity index (χ1) is 13.7. The van der Waals surface area contributed by atoms with E-state index < -0.39 is 10.0 Å². The van der Waals surface area contributed by atoms with Crippen molar-refractivity contribution in [2.45, 2.75) is 38.5 Å². The molecule has 1 aromatic carbocycles. The molecule has 2 aromatic rings. The van der Waals surface area contributed by atoms with E-state index in [0.717, 1.165) is 12.8 Å². The lowest BCUT2D eigenvalue weighted by Crippen LogP contribution is -2.37. The van der Waals surface area contributed by atoms with Crippen LogP contribution in [0.4, 0.5) is 5.13 Å². The van der Waals surface area contributed by atoms with Gasteiger partial charge in [0.15, 0.2) is 16.7 Å². The van der Waals surface area contributed by atoms with Crippen LogP contribution in [0.5, 0.6) is 0 Å². The van der Waals surface area contributed by atoms with Gasteiger partial charge in [-0.3, -0.25) is 9.59 Å². The maximum absolute atomic E-state index is 12.9. The van der Waals surface area contributed by atoms with Gasteiger partial charge < -0.3 is 5.32 Å². The van der Waals surface area contributed by atoms with Gasteiger partial charge in [0.2, 0.25) is 10.0 Å². The highest BCUT2D eigenvalue weighted by Gasteiger charge is 2.28. The number of thiazole rings is 1. The van der Waals surface area contributed by atoms with Gasteiger partial charge >= 0.3 is 0 Å². The Kier molecular flexibility index (Phi) is 6.50. The SMILES string of the molecule is CC(=O)c1sc(NCC(=O)c2cccc(S(=O)(=O)N3CCC(C)CC3)c2)nc1C. The highest BCUT2D eigenvalue weighted by molar-refractivity contribution is 7.89. The molecule has 1 aliphatic heterocycles. The van der Waals surface area contributed by atoms with Gasteiger partial charge in [-0.25, -0.2) is 13.4 Å². The van der Waals surface area contributed by atoms with E-state index in [-0.39, 0.29) is 23.0 Å². The van der Waals surface area contributed by atoms with Crippen LogP contribution in [0.1, 0.15) is 52.4 Å². The van der Waals surface area contributed by atoms with Crippen LogP contribution in [0.3, 0.4) is 0 Å². The van der Waals surface area contributed by atoms with Gasteiger partial charge in [-0.1, -0.05) is 30.4 Å². The van der Waals surface area contributed by atoms with Crippen molar-refractivity contribution >= 4 is 38.1 Å². The molecule has 0 unspecified atom stereocenters. The summed E-state index contributed by atoms with van der Waals surface area (Å²) in [6.45, 7) is 6.32. The molecule has 0 saturated carbocycles. The number of benzene rings is 1. The summed E-state index contributed by atoms with van der Waals surface area (Å²) in [5, 5.41) is 3.42. The summed E-state index contributed by atoms with van der Waals surface area (Å²) >= 11 is 1.20. The lowest BCUT2D eigenvalue weighted by atomic mass is 10.0. The normalized spacial score (nSPS) is 16.0. The van der Waals surface area contributed by atoms with Crippen LogP contribution in [-0.2, 0) is 10.0 Å². The number of nitrogens with zero attached hydrogens (tertiary/aromatic N) is 2. The number of aryl methyl sites for hydroxylation is 1. The molecule has 9 heteroatoms. The highest BCUT2D eigenvalue weighted by atomic mass is 32.2. The van der Waals surface area contributed by atoms with E-state index in [0.29, 0.717) is 40.3 Å². The first-order valence-corrected chi connectivity index (χ1v) is 11.8. The molecule has 0 spiro atoms. The van der Waals surface area contributed by atoms with E-state index in [4.69, 9.17) is 0 Å². The predicted octanol–water partition coefficient (Wildman–Crippen LogP) is 3.37. The average Bonchev–Trinajstić information content (AvgIpc) is 3.07. The Morgan fingerprint density at radius 3 is 2.59 bits per heavy atom. The quantitative estimate of drug-likeness (QED) is 0.670. The molecule has 2 heterocycles. The molecule has 3 rings (SSSR count). The number of Topliss-reactive ketones (excluding diaryl/α,β-unsaturated/α-hetero) is 2. The summed E-state index contributed by atoms with van der Waals surface area (Å²) in [6, 6.07) is 6.16. The van der Waals surface area contributed by atoms with Crippen LogP contribution >= 0.6 is 11.3 Å². The molecule has 1 N–H and O–H groups in total. The zero-order chi connectivity index (χ0) is 21.2. The number of carbonyl (C=O) groups excluding carboxylic acids is 2. The Morgan fingerprint density at radius 2 is 1.97 bits per heavy atom. The van der Waals surface area contributed by atoms with Crippen molar-refractivity contribution in [2.24, 2.45) is 5.92 Å². The molecule has 0 aliphatic carbocycles. The van der Waals surface area contributed by atoms with Crippen molar-refractivity contribution < 1.29 is 18.0 Å². The summed E-state index contributed by atoms with van der Waals surface area (Å²) in [4.78, 5) is 29.1. The molecular weight excluding hydrogens is 410 g/mol. The lowest BCUT2D eigenvalue weighted by Gasteiger charge is -2.29. The van der Waals surface area contributed by atoms with E-state index in [9.17, 15) is 18.0 Å². The van der Waals surface area contributed by atoms with Gasteiger partial charge in [0.1, 0.15) is 0 Å². The lowest BCUT2D eigenvalue weighted by molar-refractivity contribution is 0.100. The zero-order valence-corrected chi connectivity index (χ0v) is 18.4. The smallest absolute Gasteiger partial charge is 0.243 e. The van der Waals surface area contributed by atoms with Crippen molar-refractivity contribution in [3.8, 4) is 0 Å². The fraction of sp³-hybridized carbons (Fsp3) is 0.450. The molecule has 1 fully saturated rings. The molecule has 1 aliphatic rings. The van der Waals surface area contributed by atoms with Gasteiger partial charge in [-0.2, -0.15) is 4.31 Å². The predicted molar refractivity (Wildman–Crippen MR) is 113 cm³/mol. The number of hydrogen-bond donors (Lipinski definition) is 1. The van der Waals surface area contributed by atoms with Crippen LogP contribution in [0, 0.1) is 12.8 Å². The molecular formula is C20H25N3O4S2. The number of rotatable bonds is 7. The summed E-state index contributed by atoms with van der Waals surface area (Å²) in [7, 11) is -3.61. The summed E-state index contributed by atoms with van der Waals surface area (Å²) in [5.41, 5.74) is 0.949. The number of sulfonamides is 1. The van der Waals surface area contributed by atoms with Gasteiger partial charge in [0, 0.05) is 25.6 Å². The number of anilines is 1. The Labute approximate surface area is 175 Å². The monoisotopic (exact) mass is 435 g/mol. The summed E-state index contributed by atoms with van der Waals surface area (Å²) in [5.74, 6) is 0.217. The molecule has 156 valence electrons. The zero-order valence-electron chi connectivity index (χ0n) is 16.8. The van der Waals surface area contributed by atoms with Crippen molar-refractivity contribution in [3.05, 3.63) is 40.4 Å². The van der Waals surface area contributed by atoms with Crippen LogP contribution in [-0.4, -0.2) is 48.9 Å². The Balaban J connectivity index is 1.71. The molecule has 1 saturated heterocycles. The Morgan fingerprint density at radius 1 is 1.28 bits per heavy atom. The maximum Gasteiger partial charge on any atom is 0.243 e. The third kappa shape index (κ3) is 4.91. The van der Waals surface area contributed by atoms with Crippen molar-refractivity contribution in [1.29, 1.82) is 0 Å². The van der Waals surface area contributed by atoms with E-state index >= 15 is 0 Å². The van der Waals surface area contributed by atoms with Crippen LogP contribution in [0.25, 0.3) is 0 Å². The standard InChI is InChI=1S/C20H25N3O4S2/c1-13-7-9-23(10-8-13)29(26,27)17-6-4-5-16(11-17)18(25)12-21-20-22-14(2)19(28-20)15(3)24/h4-6,11,13H,7-10,12H2,1-3H3,(H,21,22). The van der Waals surface area contributed by atoms with Crippen molar-refractivity contribution in [3.63, 3.8) is 0 Å². The number of piperidine rings is 1. The van der Waals surface area contributed by atoms with Gasteiger partial charge in [-0.15, -0.1) is 0 Å². The third-order valence-corrected chi connectivity index (χ3v) is 8.16. The minimum atomic E-state index is -3.61. The number of hydrogen-bond acceptors (Lipinski definition) is 7. The third-order valence-electron chi connectivity index (χ3n) is 5.05. The molecule has 0 amide bonds. The van der Waals surface area contributed by atoms with E-state index in [2.05, 4.69) is 17.2 Å². The number of carbonyl (C=O) groups is 2. The molecule has 29 heavy (non-hydrogen) atoms. The number of aromatic nitrogens is 1. The minimum absolute atomic E-state index is 0.0327. The molecule has 0 atom stereocenters. The molecule has 1 aromatic heterocycles. The second kappa shape index (κ2) is 8.73. The van der Waals surface area contributed by atoms with Gasteiger partial charge in [-0.05, 0) is 37.8 Å². The van der Waals surface area contributed by atoms with Crippen LogP contribution in [0.2, 0.25) is 0 Å². The molecule has 0 radical (unpaired) electrons. The van der Waals surface area contributed by atoms with Crippen molar-refractivity contribution in [1.82, 2.24) is 9.29 Å². The summed E-state index contributed by atoms with van der Waals surface area (Å²) < 4.78 is 27.3. The average molecular weight is 436 g/mol. The second-order valence-corrected chi connectivity index (χ2v) is 10.3. The molecule has 0 bridgehead atoms. The van der Waals surface area contributed by atoms with Crippen LogP contribution in [0.15, 0.2) is 29.2 Å². The molecule has 7 nitrogen and oxygen atoms in total. The highest BCUT2D eigenvalue weighted by Crippen LogP contribution is 2.25.